The SMILES string of the molecule is COc1cccc(CNC(=O)c2csc(CNC(=O)c3cccc4c3-c3ccccc3C4)n2)c1OC. The Morgan fingerprint density at radius 3 is 2.50 bits per heavy atom. The first-order valence-corrected chi connectivity index (χ1v) is 12.4. The molecule has 1 aliphatic rings. The summed E-state index contributed by atoms with van der Waals surface area (Å²) in [5.74, 6) is 0.724. The van der Waals surface area contributed by atoms with Gasteiger partial charge in [-0.05, 0) is 40.8 Å². The second-order valence-electron chi connectivity index (χ2n) is 8.32. The number of rotatable bonds is 8. The molecule has 7 nitrogen and oxygen atoms in total. The van der Waals surface area contributed by atoms with Crippen molar-refractivity contribution < 1.29 is 19.1 Å². The van der Waals surface area contributed by atoms with Crippen molar-refractivity contribution in [3.05, 3.63) is 99.0 Å². The van der Waals surface area contributed by atoms with Crippen molar-refractivity contribution >= 4 is 23.2 Å². The number of amides is 2. The Kier molecular flexibility index (Phi) is 6.69. The van der Waals surface area contributed by atoms with Gasteiger partial charge in [0, 0.05) is 23.1 Å². The molecule has 0 atom stereocenters. The highest BCUT2D eigenvalue weighted by Gasteiger charge is 2.24. The Bertz CT molecular complexity index is 1450. The van der Waals surface area contributed by atoms with Crippen LogP contribution in [0.4, 0.5) is 0 Å². The highest BCUT2D eigenvalue weighted by Crippen LogP contribution is 2.38. The van der Waals surface area contributed by atoms with Crippen LogP contribution >= 0.6 is 11.3 Å². The van der Waals surface area contributed by atoms with Crippen LogP contribution in [-0.2, 0) is 19.5 Å². The molecule has 4 aromatic rings. The third kappa shape index (κ3) is 4.55. The van der Waals surface area contributed by atoms with E-state index >= 15 is 0 Å². The van der Waals surface area contributed by atoms with Gasteiger partial charge in [-0.25, -0.2) is 4.98 Å². The average Bonchev–Trinajstić information content (AvgIpc) is 3.54. The number of methoxy groups -OCH3 is 2. The van der Waals surface area contributed by atoms with Crippen LogP contribution in [0.5, 0.6) is 11.5 Å². The van der Waals surface area contributed by atoms with Crippen LogP contribution in [-0.4, -0.2) is 31.0 Å². The second-order valence-corrected chi connectivity index (χ2v) is 9.26. The molecule has 0 aliphatic heterocycles. The Morgan fingerprint density at radius 1 is 0.889 bits per heavy atom. The number of aromatic nitrogens is 1. The molecular formula is C28H25N3O4S. The number of benzene rings is 3. The molecular weight excluding hydrogens is 474 g/mol. The first-order valence-electron chi connectivity index (χ1n) is 11.5. The standard InChI is InChI=1S/C28H25N3O4S/c1-34-23-12-6-9-19(26(23)35-2)14-29-28(33)22-16-36-24(31-22)15-30-27(32)21-11-5-8-18-13-17-7-3-4-10-20(17)25(18)21/h3-12,16H,13-15H2,1-2H3,(H,29,33)(H,30,32). The van der Waals surface area contributed by atoms with Crippen molar-refractivity contribution in [3.63, 3.8) is 0 Å². The Hall–Kier alpha value is -4.17. The minimum atomic E-state index is -0.300. The monoisotopic (exact) mass is 499 g/mol. The van der Waals surface area contributed by atoms with Crippen molar-refractivity contribution in [3.8, 4) is 22.6 Å². The molecule has 0 unspecified atom stereocenters. The summed E-state index contributed by atoms with van der Waals surface area (Å²) in [6.45, 7) is 0.509. The van der Waals surface area contributed by atoms with E-state index in [0.717, 1.165) is 28.7 Å². The van der Waals surface area contributed by atoms with E-state index in [1.807, 2.05) is 36.4 Å². The average molecular weight is 500 g/mol. The number of para-hydroxylation sites is 1. The summed E-state index contributed by atoms with van der Waals surface area (Å²) in [5.41, 5.74) is 6.25. The molecule has 8 heteroatoms. The van der Waals surface area contributed by atoms with Gasteiger partial charge in [0.15, 0.2) is 11.5 Å². The van der Waals surface area contributed by atoms with Crippen molar-refractivity contribution in [1.29, 1.82) is 0 Å². The van der Waals surface area contributed by atoms with E-state index in [2.05, 4.69) is 33.8 Å². The summed E-state index contributed by atoms with van der Waals surface area (Å²) in [5, 5.41) is 8.17. The molecule has 0 radical (unpaired) electrons. The van der Waals surface area contributed by atoms with Gasteiger partial charge < -0.3 is 20.1 Å². The lowest BCUT2D eigenvalue weighted by Gasteiger charge is -2.12. The smallest absolute Gasteiger partial charge is 0.271 e. The number of ether oxygens (including phenoxy) is 2. The zero-order chi connectivity index (χ0) is 25.1. The van der Waals surface area contributed by atoms with Crippen LogP contribution in [0.15, 0.2) is 66.0 Å². The minimum Gasteiger partial charge on any atom is -0.493 e. The molecule has 182 valence electrons. The van der Waals surface area contributed by atoms with Gasteiger partial charge in [-0.15, -0.1) is 11.3 Å². The Morgan fingerprint density at radius 2 is 1.67 bits per heavy atom. The Balaban J connectivity index is 1.22. The van der Waals surface area contributed by atoms with Crippen LogP contribution in [0.2, 0.25) is 0 Å². The summed E-state index contributed by atoms with van der Waals surface area (Å²) in [6.07, 6.45) is 0.833. The third-order valence-corrected chi connectivity index (χ3v) is 7.02. The molecule has 1 heterocycles. The molecule has 2 amide bonds. The van der Waals surface area contributed by atoms with Gasteiger partial charge in [0.2, 0.25) is 0 Å². The van der Waals surface area contributed by atoms with Crippen molar-refractivity contribution in [1.82, 2.24) is 15.6 Å². The summed E-state index contributed by atoms with van der Waals surface area (Å²) < 4.78 is 10.7. The van der Waals surface area contributed by atoms with Gasteiger partial charge in [-0.2, -0.15) is 0 Å². The lowest BCUT2D eigenvalue weighted by molar-refractivity contribution is 0.0943. The van der Waals surface area contributed by atoms with E-state index in [0.29, 0.717) is 27.8 Å². The lowest BCUT2D eigenvalue weighted by Crippen LogP contribution is -2.25. The van der Waals surface area contributed by atoms with E-state index in [9.17, 15) is 9.59 Å². The van der Waals surface area contributed by atoms with Crippen molar-refractivity contribution in [2.75, 3.05) is 14.2 Å². The summed E-state index contributed by atoms with van der Waals surface area (Å²) >= 11 is 1.33. The highest BCUT2D eigenvalue weighted by atomic mass is 32.1. The van der Waals surface area contributed by atoms with Crippen LogP contribution < -0.4 is 20.1 Å². The topological polar surface area (TPSA) is 89.6 Å². The van der Waals surface area contributed by atoms with Crippen LogP contribution in [0.25, 0.3) is 11.1 Å². The number of thiazole rings is 1. The largest absolute Gasteiger partial charge is 0.493 e. The van der Waals surface area contributed by atoms with Gasteiger partial charge in [0.25, 0.3) is 11.8 Å². The Labute approximate surface area is 213 Å². The molecule has 2 N–H and O–H groups in total. The van der Waals surface area contributed by atoms with Crippen LogP contribution in [0, 0.1) is 0 Å². The summed E-state index contributed by atoms with van der Waals surface area (Å²) in [4.78, 5) is 30.1. The molecule has 5 rings (SSSR count). The molecule has 36 heavy (non-hydrogen) atoms. The summed E-state index contributed by atoms with van der Waals surface area (Å²) in [7, 11) is 3.13. The van der Waals surface area contributed by atoms with E-state index in [1.165, 1.54) is 16.9 Å². The summed E-state index contributed by atoms with van der Waals surface area (Å²) in [6, 6.07) is 19.5. The number of fused-ring (bicyclic) bond motifs is 3. The molecule has 1 aromatic heterocycles. The van der Waals surface area contributed by atoms with Gasteiger partial charge in [0.05, 0.1) is 20.8 Å². The zero-order valence-corrected chi connectivity index (χ0v) is 20.8. The minimum absolute atomic E-state index is 0.158. The maximum absolute atomic E-state index is 13.1. The fourth-order valence-corrected chi connectivity index (χ4v) is 5.20. The van der Waals surface area contributed by atoms with Gasteiger partial charge in [0.1, 0.15) is 10.7 Å². The first-order chi connectivity index (χ1) is 17.6. The predicted molar refractivity (Wildman–Crippen MR) is 139 cm³/mol. The molecule has 3 aromatic carbocycles. The van der Waals surface area contributed by atoms with Gasteiger partial charge in [-0.1, -0.05) is 48.5 Å². The molecule has 0 bridgehead atoms. The molecule has 0 fully saturated rings. The third-order valence-electron chi connectivity index (χ3n) is 6.17. The zero-order valence-electron chi connectivity index (χ0n) is 20.0. The van der Waals surface area contributed by atoms with E-state index in [-0.39, 0.29) is 24.9 Å². The van der Waals surface area contributed by atoms with Gasteiger partial charge >= 0.3 is 0 Å². The number of carbonyl (C=O) groups is 2. The van der Waals surface area contributed by atoms with Crippen molar-refractivity contribution in [2.45, 2.75) is 19.5 Å². The van der Waals surface area contributed by atoms with E-state index in [1.54, 1.807) is 25.7 Å². The fraction of sp³-hybridized carbons (Fsp3) is 0.179. The maximum atomic E-state index is 13.1. The number of nitrogens with zero attached hydrogens (tertiary/aromatic N) is 1. The molecule has 0 saturated carbocycles. The number of carbonyl (C=O) groups excluding carboxylic acids is 2. The van der Waals surface area contributed by atoms with E-state index in [4.69, 9.17) is 9.47 Å². The second kappa shape index (κ2) is 10.2. The lowest BCUT2D eigenvalue weighted by atomic mass is 9.99. The highest BCUT2D eigenvalue weighted by molar-refractivity contribution is 7.09. The maximum Gasteiger partial charge on any atom is 0.271 e. The molecule has 1 aliphatic carbocycles. The number of hydrogen-bond acceptors (Lipinski definition) is 6. The van der Waals surface area contributed by atoms with E-state index < -0.39 is 0 Å². The van der Waals surface area contributed by atoms with Gasteiger partial charge in [-0.3, -0.25) is 9.59 Å². The van der Waals surface area contributed by atoms with Crippen LogP contribution in [0.3, 0.4) is 0 Å². The molecule has 0 spiro atoms. The van der Waals surface area contributed by atoms with Crippen molar-refractivity contribution in [2.24, 2.45) is 0 Å². The molecule has 0 saturated heterocycles. The first kappa shape index (κ1) is 23.6. The fourth-order valence-electron chi connectivity index (χ4n) is 4.48. The number of hydrogen-bond donors (Lipinski definition) is 2. The normalized spacial score (nSPS) is 11.4. The predicted octanol–water partition coefficient (Wildman–Crippen LogP) is 4.59. The van der Waals surface area contributed by atoms with Crippen LogP contribution in [0.1, 0.15) is 42.5 Å². The number of nitrogens with one attached hydrogen (secondary N) is 2. The quantitative estimate of drug-likeness (QED) is 0.326.